The van der Waals surface area contributed by atoms with E-state index in [1.54, 1.807) is 6.92 Å². The summed E-state index contributed by atoms with van der Waals surface area (Å²) in [6.45, 7) is 8.01. The van der Waals surface area contributed by atoms with E-state index in [0.29, 0.717) is 24.8 Å². The topological polar surface area (TPSA) is 104 Å². The molecule has 2 N–H and O–H groups in total. The van der Waals surface area contributed by atoms with Gasteiger partial charge in [0.25, 0.3) is 5.89 Å². The number of rotatable bonds is 11. The van der Waals surface area contributed by atoms with E-state index in [1.165, 1.54) is 11.1 Å². The van der Waals surface area contributed by atoms with Crippen molar-refractivity contribution >= 4 is 29.9 Å². The molecular formula is C28H37ClN6O3. The van der Waals surface area contributed by atoms with Crippen LogP contribution in [0, 0.1) is 13.8 Å². The maximum Gasteiger partial charge on any atom is 0.257 e. The molecule has 0 spiro atoms. The van der Waals surface area contributed by atoms with Gasteiger partial charge in [0.1, 0.15) is 0 Å². The van der Waals surface area contributed by atoms with Crippen molar-refractivity contribution < 1.29 is 14.1 Å². The zero-order valence-corrected chi connectivity index (χ0v) is 23.3. The number of aromatic nitrogens is 2. The van der Waals surface area contributed by atoms with Crippen molar-refractivity contribution in [2.75, 3.05) is 44.7 Å². The summed E-state index contributed by atoms with van der Waals surface area (Å²) in [5.41, 5.74) is 5.12. The molecule has 0 saturated heterocycles. The van der Waals surface area contributed by atoms with Crippen LogP contribution >= 0.6 is 12.4 Å². The van der Waals surface area contributed by atoms with Crippen LogP contribution in [0.1, 0.15) is 29.4 Å². The Balaban J connectivity index is 0.00000400. The number of likely N-dealkylation sites (N-methyl/N-ethyl adjacent to an activating group) is 2. The summed E-state index contributed by atoms with van der Waals surface area (Å²) in [5.74, 6) is 0.860. The van der Waals surface area contributed by atoms with Gasteiger partial charge in [-0.1, -0.05) is 36.3 Å². The van der Waals surface area contributed by atoms with Crippen molar-refractivity contribution in [1.82, 2.24) is 25.7 Å². The third kappa shape index (κ3) is 7.11. The number of amides is 2. The van der Waals surface area contributed by atoms with Gasteiger partial charge < -0.3 is 25.0 Å². The third-order valence-electron chi connectivity index (χ3n) is 6.82. The SMILES string of the molecule is CCNCCNC(=O)CN(CC(=O)N(C)C1Cc2ccccc2C1)c1ccc(-c2nc(C)no2)cc1C.Cl. The van der Waals surface area contributed by atoms with Crippen LogP contribution in [0.5, 0.6) is 0 Å². The minimum absolute atomic E-state index is 0. The molecule has 1 aliphatic rings. The van der Waals surface area contributed by atoms with E-state index in [4.69, 9.17) is 4.52 Å². The Morgan fingerprint density at radius 1 is 1.05 bits per heavy atom. The van der Waals surface area contributed by atoms with Gasteiger partial charge in [-0.15, -0.1) is 12.4 Å². The van der Waals surface area contributed by atoms with E-state index < -0.39 is 0 Å². The molecule has 0 saturated carbocycles. The Labute approximate surface area is 230 Å². The maximum absolute atomic E-state index is 13.5. The van der Waals surface area contributed by atoms with Gasteiger partial charge >= 0.3 is 0 Å². The number of fused-ring (bicyclic) bond motifs is 1. The van der Waals surface area contributed by atoms with Crippen LogP contribution in [0.2, 0.25) is 0 Å². The number of benzene rings is 2. The molecule has 1 heterocycles. The van der Waals surface area contributed by atoms with E-state index in [1.807, 2.05) is 61.0 Å². The van der Waals surface area contributed by atoms with Gasteiger partial charge in [0.05, 0.1) is 13.1 Å². The van der Waals surface area contributed by atoms with E-state index in [0.717, 1.165) is 36.2 Å². The molecule has 0 bridgehead atoms. The summed E-state index contributed by atoms with van der Waals surface area (Å²) in [7, 11) is 1.86. The van der Waals surface area contributed by atoms with E-state index >= 15 is 0 Å². The summed E-state index contributed by atoms with van der Waals surface area (Å²) < 4.78 is 5.31. The second-order valence-corrected chi connectivity index (χ2v) is 9.54. The van der Waals surface area contributed by atoms with Gasteiger partial charge in [-0.25, -0.2) is 0 Å². The first-order valence-electron chi connectivity index (χ1n) is 12.8. The molecule has 0 aliphatic heterocycles. The number of nitrogens with one attached hydrogen (secondary N) is 2. The molecule has 38 heavy (non-hydrogen) atoms. The largest absolute Gasteiger partial charge is 0.353 e. The normalized spacial score (nSPS) is 12.5. The lowest BCUT2D eigenvalue weighted by molar-refractivity contribution is -0.130. The fourth-order valence-electron chi connectivity index (χ4n) is 4.77. The Morgan fingerprint density at radius 2 is 1.76 bits per heavy atom. The second-order valence-electron chi connectivity index (χ2n) is 9.54. The Kier molecular flexibility index (Phi) is 10.3. The zero-order chi connectivity index (χ0) is 26.4. The van der Waals surface area contributed by atoms with Crippen LogP contribution in [0.4, 0.5) is 5.69 Å². The molecule has 1 aromatic heterocycles. The van der Waals surface area contributed by atoms with Crippen molar-refractivity contribution in [2.45, 2.75) is 39.7 Å². The number of hydrogen-bond acceptors (Lipinski definition) is 7. The summed E-state index contributed by atoms with van der Waals surface area (Å²) in [6.07, 6.45) is 1.70. The molecule has 2 amide bonds. The van der Waals surface area contributed by atoms with E-state index in [2.05, 4.69) is 32.9 Å². The van der Waals surface area contributed by atoms with Crippen molar-refractivity contribution in [1.29, 1.82) is 0 Å². The Hall–Kier alpha value is -3.43. The average Bonchev–Trinajstić information content (AvgIpc) is 3.52. The van der Waals surface area contributed by atoms with Crippen LogP contribution in [0.15, 0.2) is 47.0 Å². The average molecular weight is 541 g/mol. The molecule has 0 radical (unpaired) electrons. The van der Waals surface area contributed by atoms with Crippen molar-refractivity contribution in [3.05, 3.63) is 65.0 Å². The second kappa shape index (κ2) is 13.4. The number of aryl methyl sites for hydroxylation is 2. The molecule has 204 valence electrons. The Morgan fingerprint density at radius 3 is 2.37 bits per heavy atom. The minimum Gasteiger partial charge on any atom is -0.353 e. The predicted octanol–water partition coefficient (Wildman–Crippen LogP) is 2.93. The van der Waals surface area contributed by atoms with Crippen LogP contribution < -0.4 is 15.5 Å². The fourth-order valence-corrected chi connectivity index (χ4v) is 4.77. The first kappa shape index (κ1) is 29.1. The summed E-state index contributed by atoms with van der Waals surface area (Å²) in [5, 5.41) is 10.0. The highest BCUT2D eigenvalue weighted by molar-refractivity contribution is 5.87. The lowest BCUT2D eigenvalue weighted by atomic mass is 10.1. The predicted molar refractivity (Wildman–Crippen MR) is 151 cm³/mol. The number of hydrogen-bond donors (Lipinski definition) is 2. The molecule has 1 aliphatic carbocycles. The molecule has 9 nitrogen and oxygen atoms in total. The monoisotopic (exact) mass is 540 g/mol. The molecule has 0 fully saturated rings. The third-order valence-corrected chi connectivity index (χ3v) is 6.82. The Bertz CT molecular complexity index is 1220. The van der Waals surface area contributed by atoms with Crippen LogP contribution in [-0.4, -0.2) is 72.7 Å². The van der Waals surface area contributed by atoms with Gasteiger partial charge in [-0.2, -0.15) is 4.98 Å². The highest BCUT2D eigenvalue weighted by Crippen LogP contribution is 2.28. The van der Waals surface area contributed by atoms with Crippen molar-refractivity contribution in [2.24, 2.45) is 0 Å². The number of nitrogens with zero attached hydrogens (tertiary/aromatic N) is 4. The molecule has 4 rings (SSSR count). The number of carbonyl (C=O) groups excluding carboxylic acids is 2. The van der Waals surface area contributed by atoms with Gasteiger partial charge in [-0.3, -0.25) is 9.59 Å². The highest BCUT2D eigenvalue weighted by atomic mass is 35.5. The first-order valence-corrected chi connectivity index (χ1v) is 12.8. The molecule has 0 unspecified atom stereocenters. The van der Waals surface area contributed by atoms with Crippen LogP contribution in [-0.2, 0) is 22.4 Å². The summed E-state index contributed by atoms with van der Waals surface area (Å²) in [6, 6.07) is 14.2. The summed E-state index contributed by atoms with van der Waals surface area (Å²) in [4.78, 5) is 34.3. The fraction of sp³-hybridized carbons (Fsp3) is 0.429. The lowest BCUT2D eigenvalue weighted by Gasteiger charge is -2.30. The molecular weight excluding hydrogens is 504 g/mol. The molecule has 10 heteroatoms. The van der Waals surface area contributed by atoms with Crippen molar-refractivity contribution in [3.8, 4) is 11.5 Å². The highest BCUT2D eigenvalue weighted by Gasteiger charge is 2.29. The first-order chi connectivity index (χ1) is 17.9. The number of halogens is 1. The standard InChI is InChI=1S/C28H36N6O3.ClH/c1-5-29-12-13-30-26(35)17-34(25-11-10-23(14-19(25)2)28-31-20(3)32-37-28)18-27(36)33(4)24-15-21-8-6-7-9-22(21)16-24;/h6-11,14,24,29H,5,12-13,15-18H2,1-4H3,(H,30,35);1H. The quantitative estimate of drug-likeness (QED) is 0.360. The van der Waals surface area contributed by atoms with Gasteiger partial charge in [0.2, 0.25) is 11.8 Å². The molecule has 3 aromatic rings. The van der Waals surface area contributed by atoms with E-state index in [-0.39, 0.29) is 43.4 Å². The van der Waals surface area contributed by atoms with Gasteiger partial charge in [-0.05, 0) is 68.1 Å². The molecule has 0 atom stereocenters. The van der Waals surface area contributed by atoms with Gasteiger partial charge in [0.15, 0.2) is 5.82 Å². The smallest absolute Gasteiger partial charge is 0.257 e. The van der Waals surface area contributed by atoms with Crippen molar-refractivity contribution in [3.63, 3.8) is 0 Å². The number of anilines is 1. The zero-order valence-electron chi connectivity index (χ0n) is 22.5. The van der Waals surface area contributed by atoms with Crippen LogP contribution in [0.25, 0.3) is 11.5 Å². The van der Waals surface area contributed by atoms with Gasteiger partial charge in [0, 0.05) is 37.4 Å². The van der Waals surface area contributed by atoms with E-state index in [9.17, 15) is 9.59 Å². The molecule has 2 aromatic carbocycles. The lowest BCUT2D eigenvalue weighted by Crippen LogP contribution is -2.47. The minimum atomic E-state index is -0.127. The summed E-state index contributed by atoms with van der Waals surface area (Å²) >= 11 is 0. The maximum atomic E-state index is 13.5. The van der Waals surface area contributed by atoms with Crippen LogP contribution in [0.3, 0.4) is 0 Å². The number of carbonyl (C=O) groups is 2.